The van der Waals surface area contributed by atoms with Crippen LogP contribution in [0.5, 0.6) is 0 Å². The lowest BCUT2D eigenvalue weighted by atomic mass is 10.2. The first-order valence-corrected chi connectivity index (χ1v) is 7.53. The Balaban J connectivity index is 3.15. The molecule has 0 spiro atoms. The van der Waals surface area contributed by atoms with Crippen LogP contribution >= 0.6 is 0 Å². The van der Waals surface area contributed by atoms with Crippen molar-refractivity contribution in [2.75, 3.05) is 19.7 Å². The molecule has 0 saturated carbocycles. The zero-order valence-electron chi connectivity index (χ0n) is 11.1. The van der Waals surface area contributed by atoms with Gasteiger partial charge >= 0.3 is 0 Å². The number of nitrogens with zero attached hydrogens (tertiary/aromatic N) is 2. The van der Waals surface area contributed by atoms with Gasteiger partial charge in [-0.3, -0.25) is 0 Å². The van der Waals surface area contributed by atoms with E-state index >= 15 is 0 Å². The fourth-order valence-electron chi connectivity index (χ4n) is 1.84. The first-order chi connectivity index (χ1) is 8.97. The highest BCUT2D eigenvalue weighted by molar-refractivity contribution is 7.89. The highest BCUT2D eigenvalue weighted by Gasteiger charge is 2.24. The highest BCUT2D eigenvalue weighted by atomic mass is 32.2. The van der Waals surface area contributed by atoms with E-state index in [0.29, 0.717) is 24.1 Å². The van der Waals surface area contributed by atoms with Crippen LogP contribution < -0.4 is 0 Å². The molecule has 0 fully saturated rings. The number of sulfonamides is 1. The van der Waals surface area contributed by atoms with Crippen LogP contribution in [0, 0.1) is 18.3 Å². The average Bonchev–Trinajstić information content (AvgIpc) is 2.38. The van der Waals surface area contributed by atoms with Gasteiger partial charge in [-0.2, -0.15) is 9.57 Å². The minimum absolute atomic E-state index is 0.0433. The third-order valence-electron chi connectivity index (χ3n) is 2.84. The molecule has 0 heterocycles. The summed E-state index contributed by atoms with van der Waals surface area (Å²) in [6.07, 6.45) is 0.405. The summed E-state index contributed by atoms with van der Waals surface area (Å²) in [5.41, 5.74) is 0.997. The van der Waals surface area contributed by atoms with E-state index in [1.807, 2.05) is 6.07 Å². The van der Waals surface area contributed by atoms with Crippen LogP contribution in [0.4, 0.5) is 0 Å². The molecule has 0 unspecified atom stereocenters. The number of benzene rings is 1. The Hall–Kier alpha value is -1.42. The third-order valence-corrected chi connectivity index (χ3v) is 4.97. The van der Waals surface area contributed by atoms with Crippen LogP contribution in [-0.2, 0) is 10.0 Å². The summed E-state index contributed by atoms with van der Waals surface area (Å²) in [5.74, 6) is 0. The molecule has 0 aromatic heterocycles. The van der Waals surface area contributed by atoms with Crippen molar-refractivity contribution in [1.29, 1.82) is 5.26 Å². The molecule has 0 saturated heterocycles. The summed E-state index contributed by atoms with van der Waals surface area (Å²) < 4.78 is 26.2. The van der Waals surface area contributed by atoms with Crippen LogP contribution in [0.3, 0.4) is 0 Å². The molecule has 5 nitrogen and oxygen atoms in total. The lowest BCUT2D eigenvalue weighted by Crippen LogP contribution is -2.32. The first kappa shape index (κ1) is 15.6. The summed E-state index contributed by atoms with van der Waals surface area (Å²) in [4.78, 5) is 0.214. The molecule has 1 aromatic carbocycles. The van der Waals surface area contributed by atoms with Gasteiger partial charge in [-0.25, -0.2) is 8.42 Å². The fraction of sp³-hybridized carbons (Fsp3) is 0.462. The van der Waals surface area contributed by atoms with Crippen LogP contribution in [0.15, 0.2) is 23.1 Å². The van der Waals surface area contributed by atoms with Gasteiger partial charge in [-0.05, 0) is 37.1 Å². The first-order valence-electron chi connectivity index (χ1n) is 6.09. The number of aliphatic hydroxyl groups is 1. The van der Waals surface area contributed by atoms with Gasteiger partial charge in [0.2, 0.25) is 10.0 Å². The zero-order valence-corrected chi connectivity index (χ0v) is 11.9. The third kappa shape index (κ3) is 3.53. The van der Waals surface area contributed by atoms with Gasteiger partial charge in [0.05, 0.1) is 16.5 Å². The minimum atomic E-state index is -3.57. The Labute approximate surface area is 114 Å². The lowest BCUT2D eigenvalue weighted by molar-refractivity contribution is 0.271. The van der Waals surface area contributed by atoms with Crippen molar-refractivity contribution in [3.05, 3.63) is 29.3 Å². The molecule has 0 amide bonds. The van der Waals surface area contributed by atoms with E-state index in [1.54, 1.807) is 19.9 Å². The lowest BCUT2D eigenvalue weighted by Gasteiger charge is -2.21. The van der Waals surface area contributed by atoms with Crippen molar-refractivity contribution in [3.63, 3.8) is 0 Å². The van der Waals surface area contributed by atoms with Crippen molar-refractivity contribution in [2.45, 2.75) is 25.2 Å². The second-order valence-corrected chi connectivity index (χ2v) is 6.07. The SMILES string of the molecule is CCN(CCCO)S(=O)(=O)c1ccc(C#N)cc1C. The van der Waals surface area contributed by atoms with Gasteiger partial charge in [0.15, 0.2) is 0 Å². The molecule has 6 heteroatoms. The molecule has 0 radical (unpaired) electrons. The Morgan fingerprint density at radius 1 is 1.42 bits per heavy atom. The van der Waals surface area contributed by atoms with Crippen molar-refractivity contribution < 1.29 is 13.5 Å². The van der Waals surface area contributed by atoms with Gasteiger partial charge < -0.3 is 5.11 Å². The number of aliphatic hydroxyl groups excluding tert-OH is 1. The van der Waals surface area contributed by atoms with E-state index in [-0.39, 0.29) is 18.0 Å². The van der Waals surface area contributed by atoms with Crippen molar-refractivity contribution >= 4 is 10.0 Å². The molecule has 104 valence electrons. The smallest absolute Gasteiger partial charge is 0.243 e. The Kier molecular flexibility index (Phi) is 5.48. The second kappa shape index (κ2) is 6.66. The van der Waals surface area contributed by atoms with E-state index in [9.17, 15) is 8.42 Å². The van der Waals surface area contributed by atoms with Crippen molar-refractivity contribution in [2.24, 2.45) is 0 Å². The number of rotatable bonds is 6. The maximum atomic E-state index is 12.5. The van der Waals surface area contributed by atoms with E-state index in [0.717, 1.165) is 0 Å². The predicted octanol–water partition coefficient (Wildman–Crippen LogP) is 1.26. The fourth-order valence-corrected chi connectivity index (χ4v) is 3.54. The summed E-state index contributed by atoms with van der Waals surface area (Å²) in [5, 5.41) is 17.6. The van der Waals surface area contributed by atoms with Gasteiger partial charge in [0, 0.05) is 19.7 Å². The molecular formula is C13H18N2O3S. The van der Waals surface area contributed by atoms with E-state index in [4.69, 9.17) is 10.4 Å². The number of hydrogen-bond donors (Lipinski definition) is 1. The molecule has 19 heavy (non-hydrogen) atoms. The Morgan fingerprint density at radius 3 is 2.58 bits per heavy atom. The number of hydrogen-bond acceptors (Lipinski definition) is 4. The summed E-state index contributed by atoms with van der Waals surface area (Å²) >= 11 is 0. The van der Waals surface area contributed by atoms with Crippen LogP contribution in [0.25, 0.3) is 0 Å². The summed E-state index contributed by atoms with van der Waals surface area (Å²) in [6, 6.07) is 6.51. The van der Waals surface area contributed by atoms with Crippen molar-refractivity contribution in [3.8, 4) is 6.07 Å². The average molecular weight is 282 g/mol. The zero-order chi connectivity index (χ0) is 14.5. The largest absolute Gasteiger partial charge is 0.396 e. The normalized spacial score (nSPS) is 11.5. The second-order valence-electron chi connectivity index (χ2n) is 4.17. The van der Waals surface area contributed by atoms with Crippen LogP contribution in [0.1, 0.15) is 24.5 Å². The molecular weight excluding hydrogens is 264 g/mol. The maximum absolute atomic E-state index is 12.5. The Morgan fingerprint density at radius 2 is 2.11 bits per heavy atom. The quantitative estimate of drug-likeness (QED) is 0.851. The van der Waals surface area contributed by atoms with E-state index in [1.165, 1.54) is 16.4 Å². The predicted molar refractivity (Wildman–Crippen MR) is 72.0 cm³/mol. The number of aryl methyl sites for hydroxylation is 1. The standard InChI is InChI=1S/C13H18N2O3S/c1-3-15(7-4-8-16)19(17,18)13-6-5-12(10-14)9-11(13)2/h5-6,9,16H,3-4,7-8H2,1-2H3. The van der Waals surface area contributed by atoms with Crippen molar-refractivity contribution in [1.82, 2.24) is 4.31 Å². The Bertz CT molecular complexity index is 576. The summed E-state index contributed by atoms with van der Waals surface area (Å²) in [6.45, 7) is 4.02. The maximum Gasteiger partial charge on any atom is 0.243 e. The monoisotopic (exact) mass is 282 g/mol. The molecule has 1 aromatic rings. The van der Waals surface area contributed by atoms with E-state index < -0.39 is 10.0 Å². The van der Waals surface area contributed by atoms with Gasteiger partial charge in [0.1, 0.15) is 0 Å². The van der Waals surface area contributed by atoms with Gasteiger partial charge in [-0.15, -0.1) is 0 Å². The summed E-state index contributed by atoms with van der Waals surface area (Å²) in [7, 11) is -3.57. The van der Waals surface area contributed by atoms with E-state index in [2.05, 4.69) is 0 Å². The van der Waals surface area contributed by atoms with Crippen LogP contribution in [0.2, 0.25) is 0 Å². The highest BCUT2D eigenvalue weighted by Crippen LogP contribution is 2.21. The topological polar surface area (TPSA) is 81.4 Å². The molecule has 0 bridgehead atoms. The van der Waals surface area contributed by atoms with Gasteiger partial charge in [0.25, 0.3) is 0 Å². The molecule has 0 atom stereocenters. The molecule has 0 aliphatic carbocycles. The van der Waals surface area contributed by atoms with Crippen LogP contribution in [-0.4, -0.2) is 37.5 Å². The molecule has 0 aliphatic heterocycles. The molecule has 1 N–H and O–H groups in total. The van der Waals surface area contributed by atoms with Gasteiger partial charge in [-0.1, -0.05) is 6.92 Å². The minimum Gasteiger partial charge on any atom is -0.396 e. The molecule has 1 rings (SSSR count). The molecule has 0 aliphatic rings. The number of nitriles is 1.